The van der Waals surface area contributed by atoms with E-state index < -0.39 is 0 Å². The van der Waals surface area contributed by atoms with Crippen LogP contribution in [0, 0.1) is 17.3 Å². The van der Waals surface area contributed by atoms with E-state index in [2.05, 4.69) is 34.9 Å². The number of hydrogen-bond donors (Lipinski definition) is 2. The van der Waals surface area contributed by atoms with Crippen molar-refractivity contribution in [2.75, 3.05) is 13.1 Å². The lowest BCUT2D eigenvalue weighted by atomic mass is 9.77. The fourth-order valence-electron chi connectivity index (χ4n) is 4.36. The molecule has 2 saturated carbocycles. The lowest BCUT2D eigenvalue weighted by Crippen LogP contribution is -2.39. The van der Waals surface area contributed by atoms with Gasteiger partial charge in [0.15, 0.2) is 0 Å². The van der Waals surface area contributed by atoms with Gasteiger partial charge in [-0.05, 0) is 62.1 Å². The molecule has 1 amide bonds. The predicted molar refractivity (Wildman–Crippen MR) is 94.6 cm³/mol. The van der Waals surface area contributed by atoms with Gasteiger partial charge < -0.3 is 10.6 Å². The second-order valence-electron chi connectivity index (χ2n) is 7.46. The Hall–Kier alpha value is -1.06. The van der Waals surface area contributed by atoms with Crippen molar-refractivity contribution in [3.8, 4) is 0 Å². The zero-order chi connectivity index (χ0) is 15.0. The van der Waals surface area contributed by atoms with E-state index in [1.165, 1.54) is 37.7 Å². The molecule has 3 nitrogen and oxygen atoms in total. The fourth-order valence-corrected chi connectivity index (χ4v) is 4.36. The minimum Gasteiger partial charge on any atom is -0.349 e. The van der Waals surface area contributed by atoms with Crippen LogP contribution >= 0.6 is 12.4 Å². The van der Waals surface area contributed by atoms with Gasteiger partial charge in [0.25, 0.3) is 0 Å². The minimum absolute atomic E-state index is 0. The van der Waals surface area contributed by atoms with Crippen LogP contribution in [0.3, 0.4) is 0 Å². The van der Waals surface area contributed by atoms with Crippen LogP contribution in [0.15, 0.2) is 30.3 Å². The normalized spacial score (nSPS) is 26.7. The molecule has 126 valence electrons. The number of benzene rings is 1. The Balaban J connectivity index is 0.00000156. The highest BCUT2D eigenvalue weighted by molar-refractivity contribution is 5.85. The van der Waals surface area contributed by atoms with Crippen molar-refractivity contribution in [1.29, 1.82) is 0 Å². The number of hydrogen-bond acceptors (Lipinski definition) is 2. The molecule has 1 aliphatic heterocycles. The Kier molecular flexibility index (Phi) is 4.98. The maximum Gasteiger partial charge on any atom is 0.224 e. The summed E-state index contributed by atoms with van der Waals surface area (Å²) < 4.78 is 0. The zero-order valence-electron chi connectivity index (χ0n) is 13.6. The lowest BCUT2D eigenvalue weighted by molar-refractivity contribution is -0.124. The summed E-state index contributed by atoms with van der Waals surface area (Å²) in [6, 6.07) is 10.8. The van der Waals surface area contributed by atoms with Gasteiger partial charge in [0.05, 0.1) is 6.04 Å². The van der Waals surface area contributed by atoms with Gasteiger partial charge in [0.2, 0.25) is 5.91 Å². The third-order valence-corrected chi connectivity index (χ3v) is 6.18. The van der Waals surface area contributed by atoms with Gasteiger partial charge >= 0.3 is 0 Å². The van der Waals surface area contributed by atoms with E-state index in [-0.39, 0.29) is 24.4 Å². The summed E-state index contributed by atoms with van der Waals surface area (Å²) in [5.41, 5.74) is 1.61. The number of carbonyl (C=O) groups excluding carboxylic acids is 1. The molecule has 23 heavy (non-hydrogen) atoms. The molecule has 2 unspecified atom stereocenters. The summed E-state index contributed by atoms with van der Waals surface area (Å²) in [6.07, 6.45) is 7.25. The summed E-state index contributed by atoms with van der Waals surface area (Å²) >= 11 is 0. The molecule has 1 aromatic carbocycles. The van der Waals surface area contributed by atoms with Crippen molar-refractivity contribution in [2.45, 2.75) is 44.6 Å². The molecular weight excluding hydrogens is 308 g/mol. The second-order valence-corrected chi connectivity index (χ2v) is 7.46. The summed E-state index contributed by atoms with van der Waals surface area (Å²) in [5, 5.41) is 6.82. The van der Waals surface area contributed by atoms with Gasteiger partial charge in [0.1, 0.15) is 0 Å². The number of amides is 1. The molecule has 1 aromatic rings. The van der Waals surface area contributed by atoms with Gasteiger partial charge in [-0.1, -0.05) is 36.8 Å². The maximum absolute atomic E-state index is 12.8. The first-order valence-corrected chi connectivity index (χ1v) is 8.85. The molecule has 4 rings (SSSR count). The summed E-state index contributed by atoms with van der Waals surface area (Å²) in [7, 11) is 0. The Labute approximate surface area is 145 Å². The van der Waals surface area contributed by atoms with Crippen LogP contribution < -0.4 is 10.6 Å². The zero-order valence-corrected chi connectivity index (χ0v) is 14.4. The van der Waals surface area contributed by atoms with Crippen LogP contribution in [0.25, 0.3) is 0 Å². The van der Waals surface area contributed by atoms with E-state index in [1.54, 1.807) is 0 Å². The third-order valence-electron chi connectivity index (χ3n) is 6.18. The molecule has 2 N–H and O–H groups in total. The van der Waals surface area contributed by atoms with Crippen LogP contribution in [0.4, 0.5) is 0 Å². The SMILES string of the molecule is Cl.O=C(NC(c1ccccc1)C1CCC1)C1CC12CCNCC2. The van der Waals surface area contributed by atoms with Crippen LogP contribution in [0.1, 0.15) is 50.1 Å². The number of carbonyl (C=O) groups is 1. The number of halogens is 1. The molecule has 4 heteroatoms. The molecule has 3 fully saturated rings. The van der Waals surface area contributed by atoms with Crippen molar-refractivity contribution < 1.29 is 4.79 Å². The van der Waals surface area contributed by atoms with Crippen LogP contribution in [-0.4, -0.2) is 19.0 Å². The lowest BCUT2D eigenvalue weighted by Gasteiger charge is -2.35. The van der Waals surface area contributed by atoms with Gasteiger partial charge in [-0.2, -0.15) is 0 Å². The Morgan fingerprint density at radius 1 is 1.17 bits per heavy atom. The Morgan fingerprint density at radius 2 is 1.87 bits per heavy atom. The first kappa shape index (κ1) is 16.8. The first-order valence-electron chi connectivity index (χ1n) is 8.85. The molecule has 0 radical (unpaired) electrons. The van der Waals surface area contributed by atoms with Crippen molar-refractivity contribution in [3.05, 3.63) is 35.9 Å². The first-order chi connectivity index (χ1) is 10.8. The summed E-state index contributed by atoms with van der Waals surface area (Å²) in [5.74, 6) is 1.21. The number of rotatable bonds is 4. The Bertz CT molecular complexity index is 538. The van der Waals surface area contributed by atoms with E-state index >= 15 is 0 Å². The van der Waals surface area contributed by atoms with Gasteiger partial charge in [-0.25, -0.2) is 0 Å². The van der Waals surface area contributed by atoms with E-state index in [1.807, 2.05) is 6.07 Å². The van der Waals surface area contributed by atoms with Crippen LogP contribution in [-0.2, 0) is 4.79 Å². The largest absolute Gasteiger partial charge is 0.349 e. The second kappa shape index (κ2) is 6.82. The van der Waals surface area contributed by atoms with E-state index in [0.717, 1.165) is 19.5 Å². The van der Waals surface area contributed by atoms with Crippen LogP contribution in [0.2, 0.25) is 0 Å². The molecule has 1 heterocycles. The molecule has 1 spiro atoms. The molecule has 2 aliphatic carbocycles. The molecule has 1 saturated heterocycles. The van der Waals surface area contributed by atoms with Gasteiger partial charge in [0, 0.05) is 5.92 Å². The molecule has 0 bridgehead atoms. The van der Waals surface area contributed by atoms with E-state index in [4.69, 9.17) is 0 Å². The molecule has 2 atom stereocenters. The Morgan fingerprint density at radius 3 is 2.48 bits per heavy atom. The van der Waals surface area contributed by atoms with Gasteiger partial charge in [-0.3, -0.25) is 4.79 Å². The average molecular weight is 335 g/mol. The maximum atomic E-state index is 12.8. The summed E-state index contributed by atoms with van der Waals surface area (Å²) in [4.78, 5) is 12.8. The average Bonchev–Trinajstić information content (AvgIpc) is 3.20. The van der Waals surface area contributed by atoms with Crippen molar-refractivity contribution >= 4 is 18.3 Å². The number of piperidine rings is 1. The smallest absolute Gasteiger partial charge is 0.224 e. The van der Waals surface area contributed by atoms with Crippen molar-refractivity contribution in [1.82, 2.24) is 10.6 Å². The van der Waals surface area contributed by atoms with Crippen molar-refractivity contribution in [2.24, 2.45) is 17.3 Å². The molecule has 0 aromatic heterocycles. The van der Waals surface area contributed by atoms with Crippen molar-refractivity contribution in [3.63, 3.8) is 0 Å². The fraction of sp³-hybridized carbons (Fsp3) is 0.632. The summed E-state index contributed by atoms with van der Waals surface area (Å²) in [6.45, 7) is 2.16. The predicted octanol–water partition coefficient (Wildman–Crippen LogP) is 3.46. The van der Waals surface area contributed by atoms with E-state index in [0.29, 0.717) is 17.2 Å². The number of nitrogens with one attached hydrogen (secondary N) is 2. The highest BCUT2D eigenvalue weighted by Gasteiger charge is 2.57. The highest BCUT2D eigenvalue weighted by atomic mass is 35.5. The topological polar surface area (TPSA) is 41.1 Å². The van der Waals surface area contributed by atoms with E-state index in [9.17, 15) is 4.79 Å². The monoisotopic (exact) mass is 334 g/mol. The quantitative estimate of drug-likeness (QED) is 0.885. The molecule has 3 aliphatic rings. The third kappa shape index (κ3) is 3.27. The minimum atomic E-state index is 0. The standard InChI is InChI=1S/C19H26N2O.ClH/c22-18(16-13-19(16)9-11-20-12-10-19)21-17(15-7-4-8-15)14-5-2-1-3-6-14;/h1-3,5-6,15-17,20H,4,7-13H2,(H,21,22);1H. The van der Waals surface area contributed by atoms with Crippen LogP contribution in [0.5, 0.6) is 0 Å². The molecular formula is C19H27ClN2O. The highest BCUT2D eigenvalue weighted by Crippen LogP contribution is 2.58. The van der Waals surface area contributed by atoms with Gasteiger partial charge in [-0.15, -0.1) is 12.4 Å².